The Bertz CT molecular complexity index is 1930. The molecule has 0 aromatic heterocycles. The van der Waals surface area contributed by atoms with Gasteiger partial charge in [0.2, 0.25) is 0 Å². The molecule has 0 spiro atoms. The molecule has 0 radical (unpaired) electrons. The van der Waals surface area contributed by atoms with E-state index in [4.69, 9.17) is 37.0 Å². The van der Waals surface area contributed by atoms with E-state index < -0.39 is 97.5 Å². The Hall–Kier alpha value is -1.94. The highest BCUT2D eigenvalue weighted by Gasteiger charge is 2.30. The number of unbranched alkanes of at least 4 members (excludes halogenated alkanes) is 43. The molecule has 0 amide bonds. The van der Waals surface area contributed by atoms with Crippen molar-refractivity contribution in [1.82, 2.24) is 0 Å². The van der Waals surface area contributed by atoms with E-state index in [9.17, 15) is 43.2 Å². The van der Waals surface area contributed by atoms with Crippen molar-refractivity contribution in [1.29, 1.82) is 0 Å². The number of aliphatic hydroxyl groups excluding tert-OH is 1. The zero-order valence-corrected chi connectivity index (χ0v) is 66.8. The summed E-state index contributed by atoms with van der Waals surface area (Å²) in [6.07, 6.45) is 58.5. The van der Waals surface area contributed by atoms with Gasteiger partial charge in [-0.3, -0.25) is 37.3 Å². The van der Waals surface area contributed by atoms with E-state index in [1.54, 1.807) is 0 Å². The molecule has 3 N–H and O–H groups in total. The minimum absolute atomic E-state index is 0.102. The molecule has 0 bridgehead atoms. The summed E-state index contributed by atoms with van der Waals surface area (Å²) in [7, 11) is -9.92. The highest BCUT2D eigenvalue weighted by atomic mass is 31.2. The largest absolute Gasteiger partial charge is 0.472 e. The lowest BCUT2D eigenvalue weighted by atomic mass is 9.99. The molecule has 0 aromatic carbocycles. The summed E-state index contributed by atoms with van der Waals surface area (Å²) in [6.45, 7) is 11.9. The van der Waals surface area contributed by atoms with Crippen molar-refractivity contribution >= 4 is 39.5 Å². The maximum Gasteiger partial charge on any atom is 0.472 e. The number of phosphoric ester groups is 2. The molecule has 0 saturated heterocycles. The Kier molecular flexibility index (Phi) is 69.0. The van der Waals surface area contributed by atoms with E-state index >= 15 is 0 Å². The van der Waals surface area contributed by atoms with E-state index in [2.05, 4.69) is 48.5 Å². The predicted molar refractivity (Wildman–Crippen MR) is 405 cm³/mol. The molecular formula is C80H156O17P2. The van der Waals surface area contributed by atoms with Crippen LogP contribution in [0.4, 0.5) is 0 Å². The van der Waals surface area contributed by atoms with Gasteiger partial charge in [-0.15, -0.1) is 0 Å². The van der Waals surface area contributed by atoms with Crippen LogP contribution in [0.25, 0.3) is 0 Å². The van der Waals surface area contributed by atoms with Crippen LogP contribution < -0.4 is 0 Å². The van der Waals surface area contributed by atoms with Crippen LogP contribution >= 0.6 is 15.6 Å². The second-order valence-corrected chi connectivity index (χ2v) is 32.4. The van der Waals surface area contributed by atoms with Crippen molar-refractivity contribution in [2.75, 3.05) is 39.6 Å². The van der Waals surface area contributed by atoms with Crippen LogP contribution in [0.2, 0.25) is 0 Å². The average molecular weight is 1450 g/mol. The fourth-order valence-corrected chi connectivity index (χ4v) is 13.8. The minimum atomic E-state index is -4.96. The maximum absolute atomic E-state index is 13.1. The number of phosphoric acid groups is 2. The first kappa shape index (κ1) is 97.1. The van der Waals surface area contributed by atoms with Crippen LogP contribution in [-0.4, -0.2) is 96.7 Å². The number of carbonyl (C=O) groups excluding carboxylic acids is 4. The van der Waals surface area contributed by atoms with E-state index in [0.717, 1.165) is 114 Å². The van der Waals surface area contributed by atoms with Crippen LogP contribution in [0.15, 0.2) is 0 Å². The quantitative estimate of drug-likeness (QED) is 0.0222. The van der Waals surface area contributed by atoms with Crippen molar-refractivity contribution in [2.45, 2.75) is 433 Å². The molecule has 0 aliphatic heterocycles. The Morgan fingerprint density at radius 3 is 0.717 bits per heavy atom. The lowest BCUT2D eigenvalue weighted by molar-refractivity contribution is -0.161. The summed E-state index contributed by atoms with van der Waals surface area (Å²) in [4.78, 5) is 72.9. The second-order valence-electron chi connectivity index (χ2n) is 29.5. The van der Waals surface area contributed by atoms with Crippen LogP contribution in [0.3, 0.4) is 0 Å². The monoisotopic (exact) mass is 1450 g/mol. The zero-order valence-electron chi connectivity index (χ0n) is 65.0. The number of hydrogen-bond donors (Lipinski definition) is 3. The molecule has 0 fully saturated rings. The van der Waals surface area contributed by atoms with Gasteiger partial charge in [0.15, 0.2) is 12.2 Å². The highest BCUT2D eigenvalue weighted by Crippen LogP contribution is 2.45. The first-order chi connectivity index (χ1) is 47.8. The molecule has 5 unspecified atom stereocenters. The zero-order chi connectivity index (χ0) is 73.0. The number of esters is 4. The van der Waals surface area contributed by atoms with Crippen molar-refractivity contribution in [3.63, 3.8) is 0 Å². The number of aliphatic hydroxyl groups is 1. The molecule has 0 aliphatic carbocycles. The Morgan fingerprint density at radius 2 is 0.485 bits per heavy atom. The fourth-order valence-electron chi connectivity index (χ4n) is 12.2. The number of rotatable bonds is 78. The van der Waals surface area contributed by atoms with E-state index in [0.29, 0.717) is 25.7 Å². The standard InChI is InChI=1S/C80H156O17P2/c1-8-12-13-14-15-16-17-18-19-22-26-29-32-35-38-47-54-61-77(82)90-67-75(96-79(84)63-56-49-39-36-33-30-27-24-21-20-23-25-28-31-34-37-44-51-58-71(5)9-2)69-94-98(86,87)92-65-74(81)66-93-99(88,89)95-70-76(97-80(85)64-57-50-43-41-46-53-60-73(7)11-4)68-91-78(83)62-55-48-42-40-45-52-59-72(6)10-3/h71-76,81H,8-70H2,1-7H3,(H,86,87)(H,88,89)/t71?,72?,73?,74-,75-,76-/m1/s1. The van der Waals surface area contributed by atoms with Crippen molar-refractivity contribution < 1.29 is 80.2 Å². The van der Waals surface area contributed by atoms with Gasteiger partial charge in [0.05, 0.1) is 26.4 Å². The van der Waals surface area contributed by atoms with Gasteiger partial charge in [-0.2, -0.15) is 0 Å². The average Bonchev–Trinajstić information content (AvgIpc) is 1.04. The molecule has 19 heteroatoms. The fraction of sp³-hybridized carbons (Fsp3) is 0.950. The van der Waals surface area contributed by atoms with Gasteiger partial charge in [0, 0.05) is 25.7 Å². The molecule has 0 heterocycles. The van der Waals surface area contributed by atoms with Gasteiger partial charge < -0.3 is 33.8 Å². The first-order valence-electron chi connectivity index (χ1n) is 41.5. The van der Waals surface area contributed by atoms with Crippen molar-refractivity contribution in [3.8, 4) is 0 Å². The highest BCUT2D eigenvalue weighted by molar-refractivity contribution is 7.47. The van der Waals surface area contributed by atoms with Crippen molar-refractivity contribution in [2.24, 2.45) is 17.8 Å². The molecule has 8 atom stereocenters. The molecule has 0 aliphatic rings. The smallest absolute Gasteiger partial charge is 0.462 e. The summed E-state index contributed by atoms with van der Waals surface area (Å²) in [5.74, 6) is 0.204. The molecule has 0 aromatic rings. The topological polar surface area (TPSA) is 237 Å². The molecule has 17 nitrogen and oxygen atoms in total. The summed E-state index contributed by atoms with van der Waals surface area (Å²) < 4.78 is 68.6. The molecule has 99 heavy (non-hydrogen) atoms. The summed E-state index contributed by atoms with van der Waals surface area (Å²) in [6, 6.07) is 0. The van der Waals surface area contributed by atoms with E-state index in [-0.39, 0.29) is 25.7 Å². The molecule has 0 saturated carbocycles. The van der Waals surface area contributed by atoms with Crippen LogP contribution in [-0.2, 0) is 65.4 Å². The summed E-state index contributed by atoms with van der Waals surface area (Å²) >= 11 is 0. The van der Waals surface area contributed by atoms with Gasteiger partial charge in [-0.1, -0.05) is 363 Å². The van der Waals surface area contributed by atoms with Crippen LogP contribution in [0.1, 0.15) is 414 Å². The predicted octanol–water partition coefficient (Wildman–Crippen LogP) is 23.7. The minimum Gasteiger partial charge on any atom is -0.462 e. The van der Waals surface area contributed by atoms with Crippen LogP contribution in [0.5, 0.6) is 0 Å². The third-order valence-electron chi connectivity index (χ3n) is 19.7. The first-order valence-corrected chi connectivity index (χ1v) is 44.5. The van der Waals surface area contributed by atoms with Gasteiger partial charge in [-0.25, -0.2) is 9.13 Å². The number of carbonyl (C=O) groups is 4. The number of hydrogen-bond acceptors (Lipinski definition) is 15. The SMILES string of the molecule is CCCCCCCCCCCCCCCCCCCC(=O)OC[C@H](COP(=O)(O)OC[C@@H](O)COP(=O)(O)OC[C@@H](COC(=O)CCCCCCCCC(C)CC)OC(=O)CCCCCCCCC(C)CC)OC(=O)CCCCCCCCCCCCCCCCCCCCC(C)CC. The number of ether oxygens (including phenoxy) is 4. The van der Waals surface area contributed by atoms with E-state index in [1.165, 1.54) is 218 Å². The van der Waals surface area contributed by atoms with E-state index in [1.807, 2.05) is 0 Å². The molecule has 588 valence electrons. The molecule has 0 rings (SSSR count). The maximum atomic E-state index is 13.1. The Morgan fingerprint density at radius 1 is 0.283 bits per heavy atom. The Balaban J connectivity index is 5.20. The Labute approximate surface area is 607 Å². The third-order valence-corrected chi connectivity index (χ3v) is 21.6. The lowest BCUT2D eigenvalue weighted by Crippen LogP contribution is -2.30. The second kappa shape index (κ2) is 70.4. The van der Waals surface area contributed by atoms with Crippen molar-refractivity contribution in [3.05, 3.63) is 0 Å². The van der Waals surface area contributed by atoms with Gasteiger partial charge in [0.1, 0.15) is 19.3 Å². The van der Waals surface area contributed by atoms with Gasteiger partial charge >= 0.3 is 39.5 Å². The normalized spacial score (nSPS) is 14.8. The summed E-state index contributed by atoms with van der Waals surface area (Å²) in [5, 5.41) is 10.6. The third kappa shape index (κ3) is 70.2. The van der Waals surface area contributed by atoms with Gasteiger partial charge in [-0.05, 0) is 43.4 Å². The van der Waals surface area contributed by atoms with Gasteiger partial charge in [0.25, 0.3) is 0 Å². The van der Waals surface area contributed by atoms with Crippen LogP contribution in [0, 0.1) is 17.8 Å². The lowest BCUT2D eigenvalue weighted by Gasteiger charge is -2.21. The molecular weight excluding hydrogens is 1290 g/mol. The summed E-state index contributed by atoms with van der Waals surface area (Å²) in [5.41, 5.74) is 0.